The van der Waals surface area contributed by atoms with Crippen LogP contribution in [0.4, 0.5) is 11.5 Å². The number of ether oxygens (including phenoxy) is 1. The zero-order valence-corrected chi connectivity index (χ0v) is 17.4. The van der Waals surface area contributed by atoms with Gasteiger partial charge in [0.05, 0.1) is 18.7 Å². The molecule has 1 atom stereocenters. The van der Waals surface area contributed by atoms with Gasteiger partial charge in [-0.2, -0.15) is 9.78 Å². The summed E-state index contributed by atoms with van der Waals surface area (Å²) in [6, 6.07) is 10.2. The fourth-order valence-electron chi connectivity index (χ4n) is 3.55. The Labute approximate surface area is 177 Å². The van der Waals surface area contributed by atoms with E-state index in [4.69, 9.17) is 4.74 Å². The van der Waals surface area contributed by atoms with Crippen LogP contribution in [-0.4, -0.2) is 45.2 Å². The second-order valence-corrected chi connectivity index (χ2v) is 7.39. The van der Waals surface area contributed by atoms with Crippen LogP contribution in [0.1, 0.15) is 17.8 Å². The third kappa shape index (κ3) is 4.18. The normalized spacial score (nSPS) is 15.9. The number of aromatic amines is 1. The standard InChI is InChI=1S/C21H22N6O4/c1-12-8-18(28)24-21(22-12)27-17(7-13(2)25-27)23-20(30)14-9-19(29)26(11-14)15-5-4-6-16(10-15)31-3/h4-8,10,14H,9,11H2,1-3H3,(H,23,30)(H,22,24,28). The van der Waals surface area contributed by atoms with Gasteiger partial charge in [0, 0.05) is 42.5 Å². The number of amides is 2. The van der Waals surface area contributed by atoms with Crippen molar-refractivity contribution in [3.8, 4) is 11.7 Å². The van der Waals surface area contributed by atoms with E-state index < -0.39 is 5.92 Å². The molecule has 10 nitrogen and oxygen atoms in total. The van der Waals surface area contributed by atoms with E-state index in [1.54, 1.807) is 56.2 Å². The number of carbonyl (C=O) groups is 2. The molecule has 0 spiro atoms. The molecule has 1 aliphatic heterocycles. The van der Waals surface area contributed by atoms with Crippen molar-refractivity contribution in [2.75, 3.05) is 23.9 Å². The number of nitrogens with one attached hydrogen (secondary N) is 2. The van der Waals surface area contributed by atoms with E-state index in [1.165, 1.54) is 10.7 Å². The number of nitrogens with zero attached hydrogens (tertiary/aromatic N) is 4. The largest absolute Gasteiger partial charge is 0.497 e. The van der Waals surface area contributed by atoms with Crippen molar-refractivity contribution in [3.63, 3.8) is 0 Å². The van der Waals surface area contributed by atoms with E-state index in [-0.39, 0.29) is 36.3 Å². The molecule has 1 aromatic carbocycles. The van der Waals surface area contributed by atoms with Gasteiger partial charge in [0.2, 0.25) is 17.8 Å². The average molecular weight is 422 g/mol. The number of rotatable bonds is 5. The van der Waals surface area contributed by atoms with Crippen molar-refractivity contribution in [1.29, 1.82) is 0 Å². The van der Waals surface area contributed by atoms with Gasteiger partial charge in [-0.05, 0) is 26.0 Å². The molecule has 0 bridgehead atoms. The molecule has 0 aliphatic carbocycles. The SMILES string of the molecule is COc1cccc(N2CC(C(=O)Nc3cc(C)nn3-c3nc(C)cc(=O)[nH]3)CC2=O)c1. The van der Waals surface area contributed by atoms with E-state index in [9.17, 15) is 14.4 Å². The Bertz CT molecular complexity index is 1210. The quantitative estimate of drug-likeness (QED) is 0.644. The number of hydrogen-bond acceptors (Lipinski definition) is 6. The topological polar surface area (TPSA) is 122 Å². The highest BCUT2D eigenvalue weighted by molar-refractivity contribution is 6.03. The van der Waals surface area contributed by atoms with Gasteiger partial charge in [-0.15, -0.1) is 0 Å². The lowest BCUT2D eigenvalue weighted by Crippen LogP contribution is -2.28. The number of methoxy groups -OCH3 is 1. The second kappa shape index (κ2) is 8.05. The predicted molar refractivity (Wildman–Crippen MR) is 114 cm³/mol. The number of carbonyl (C=O) groups excluding carboxylic acids is 2. The molecule has 31 heavy (non-hydrogen) atoms. The molecule has 0 radical (unpaired) electrons. The van der Waals surface area contributed by atoms with Crippen LogP contribution < -0.4 is 20.5 Å². The van der Waals surface area contributed by atoms with E-state index in [1.807, 2.05) is 0 Å². The molecule has 10 heteroatoms. The summed E-state index contributed by atoms with van der Waals surface area (Å²) in [5.41, 5.74) is 1.53. The minimum atomic E-state index is -0.535. The molecule has 2 aromatic heterocycles. The molecule has 4 rings (SSSR count). The summed E-state index contributed by atoms with van der Waals surface area (Å²) in [6.07, 6.45) is 0.0929. The van der Waals surface area contributed by atoms with Gasteiger partial charge in [-0.25, -0.2) is 4.98 Å². The highest BCUT2D eigenvalue weighted by Crippen LogP contribution is 2.28. The summed E-state index contributed by atoms with van der Waals surface area (Å²) < 4.78 is 6.59. The summed E-state index contributed by atoms with van der Waals surface area (Å²) >= 11 is 0. The second-order valence-electron chi connectivity index (χ2n) is 7.39. The third-order valence-corrected chi connectivity index (χ3v) is 5.00. The van der Waals surface area contributed by atoms with Gasteiger partial charge >= 0.3 is 0 Å². The van der Waals surface area contributed by atoms with Crippen LogP contribution >= 0.6 is 0 Å². The highest BCUT2D eigenvalue weighted by atomic mass is 16.5. The van der Waals surface area contributed by atoms with Crippen LogP contribution in [0, 0.1) is 19.8 Å². The summed E-state index contributed by atoms with van der Waals surface area (Å²) in [7, 11) is 1.56. The first-order valence-electron chi connectivity index (χ1n) is 9.74. The lowest BCUT2D eigenvalue weighted by molar-refractivity contribution is -0.122. The Kier molecular flexibility index (Phi) is 5.28. The first-order valence-corrected chi connectivity index (χ1v) is 9.74. The van der Waals surface area contributed by atoms with Crippen LogP contribution in [0.2, 0.25) is 0 Å². The van der Waals surface area contributed by atoms with Gasteiger partial charge < -0.3 is 15.0 Å². The molecule has 3 aromatic rings. The van der Waals surface area contributed by atoms with Crippen LogP contribution in [0.5, 0.6) is 5.75 Å². The zero-order valence-electron chi connectivity index (χ0n) is 17.4. The molecule has 2 amide bonds. The summed E-state index contributed by atoms with van der Waals surface area (Å²) in [5, 5.41) is 7.14. The zero-order chi connectivity index (χ0) is 22.1. The number of aromatic nitrogens is 4. The average Bonchev–Trinajstić information content (AvgIpc) is 3.29. The molecule has 1 aliphatic rings. The van der Waals surface area contributed by atoms with E-state index in [0.717, 1.165) is 0 Å². The van der Waals surface area contributed by atoms with Crippen LogP contribution in [-0.2, 0) is 9.59 Å². The van der Waals surface area contributed by atoms with Crippen molar-refractivity contribution in [2.24, 2.45) is 5.92 Å². The fraction of sp³-hybridized carbons (Fsp3) is 0.286. The molecule has 1 unspecified atom stereocenters. The number of benzene rings is 1. The number of H-pyrrole nitrogens is 1. The molecule has 1 saturated heterocycles. The summed E-state index contributed by atoms with van der Waals surface area (Å²) in [6.45, 7) is 3.72. The van der Waals surface area contributed by atoms with Crippen molar-refractivity contribution >= 4 is 23.3 Å². The molecule has 1 fully saturated rings. The maximum Gasteiger partial charge on any atom is 0.252 e. The monoisotopic (exact) mass is 422 g/mol. The minimum absolute atomic E-state index is 0.0929. The number of hydrogen-bond donors (Lipinski definition) is 2. The van der Waals surface area contributed by atoms with Gasteiger partial charge in [-0.1, -0.05) is 6.07 Å². The van der Waals surface area contributed by atoms with Crippen LogP contribution in [0.25, 0.3) is 5.95 Å². The molecule has 160 valence electrons. The molecule has 0 saturated carbocycles. The lowest BCUT2D eigenvalue weighted by atomic mass is 10.1. The maximum absolute atomic E-state index is 12.9. The van der Waals surface area contributed by atoms with Crippen LogP contribution in [0.15, 0.2) is 41.2 Å². The molecule has 3 heterocycles. The Hall–Kier alpha value is -3.95. The van der Waals surface area contributed by atoms with Crippen molar-refractivity contribution in [2.45, 2.75) is 20.3 Å². The molecule has 2 N–H and O–H groups in total. The highest BCUT2D eigenvalue weighted by Gasteiger charge is 2.35. The Morgan fingerprint density at radius 1 is 1.19 bits per heavy atom. The van der Waals surface area contributed by atoms with E-state index >= 15 is 0 Å². The van der Waals surface area contributed by atoms with Crippen LogP contribution in [0.3, 0.4) is 0 Å². The van der Waals surface area contributed by atoms with Gasteiger partial charge in [0.25, 0.3) is 5.56 Å². The van der Waals surface area contributed by atoms with E-state index in [2.05, 4.69) is 20.4 Å². The predicted octanol–water partition coefficient (Wildman–Crippen LogP) is 1.57. The smallest absolute Gasteiger partial charge is 0.252 e. The Morgan fingerprint density at radius 3 is 2.74 bits per heavy atom. The van der Waals surface area contributed by atoms with Gasteiger partial charge in [0.15, 0.2) is 0 Å². The third-order valence-electron chi connectivity index (χ3n) is 5.00. The van der Waals surface area contributed by atoms with Crippen molar-refractivity contribution in [3.05, 3.63) is 58.1 Å². The molecular weight excluding hydrogens is 400 g/mol. The van der Waals surface area contributed by atoms with Crippen molar-refractivity contribution in [1.82, 2.24) is 19.7 Å². The number of anilines is 2. The van der Waals surface area contributed by atoms with Crippen molar-refractivity contribution < 1.29 is 14.3 Å². The first-order chi connectivity index (χ1) is 14.8. The van der Waals surface area contributed by atoms with E-state index in [0.29, 0.717) is 28.6 Å². The minimum Gasteiger partial charge on any atom is -0.497 e. The first kappa shape index (κ1) is 20.3. The summed E-state index contributed by atoms with van der Waals surface area (Å²) in [5.74, 6) is 0.221. The number of aryl methyl sites for hydroxylation is 2. The fourth-order valence-corrected chi connectivity index (χ4v) is 3.55. The summed E-state index contributed by atoms with van der Waals surface area (Å²) in [4.78, 5) is 45.8. The van der Waals surface area contributed by atoms with Gasteiger partial charge in [0.1, 0.15) is 11.6 Å². The molecular formula is C21H22N6O4. The maximum atomic E-state index is 12.9. The lowest BCUT2D eigenvalue weighted by Gasteiger charge is -2.17. The van der Waals surface area contributed by atoms with Gasteiger partial charge in [-0.3, -0.25) is 19.4 Å². The Balaban J connectivity index is 1.54. The Morgan fingerprint density at radius 2 is 2.00 bits per heavy atom.